The molecule has 0 unspecified atom stereocenters. The lowest BCUT2D eigenvalue weighted by molar-refractivity contribution is -0.137. The van der Waals surface area contributed by atoms with Crippen LogP contribution in [-0.4, -0.2) is 41.3 Å². The average molecular weight is 464 g/mol. The van der Waals surface area contributed by atoms with Crippen molar-refractivity contribution in [1.29, 1.82) is 0 Å². The molecule has 33 heavy (non-hydrogen) atoms. The number of amides is 1. The number of halogens is 3. The van der Waals surface area contributed by atoms with Crippen molar-refractivity contribution in [2.45, 2.75) is 45.4 Å². The van der Waals surface area contributed by atoms with Crippen molar-refractivity contribution >= 4 is 11.6 Å². The third-order valence-corrected chi connectivity index (χ3v) is 5.34. The summed E-state index contributed by atoms with van der Waals surface area (Å²) in [5, 5.41) is 6.93. The van der Waals surface area contributed by atoms with Crippen LogP contribution in [0.2, 0.25) is 0 Å². The van der Waals surface area contributed by atoms with Crippen LogP contribution in [0.25, 0.3) is 0 Å². The van der Waals surface area contributed by atoms with Gasteiger partial charge in [0.05, 0.1) is 11.3 Å². The monoisotopic (exact) mass is 464 g/mol. The highest BCUT2D eigenvalue weighted by molar-refractivity contribution is 5.97. The van der Waals surface area contributed by atoms with Crippen LogP contribution in [0.15, 0.2) is 41.8 Å². The lowest BCUT2D eigenvalue weighted by atomic mass is 10.0. The van der Waals surface area contributed by atoms with Crippen LogP contribution in [0, 0.1) is 5.92 Å². The molecular weight excluding hydrogens is 437 g/mol. The maximum atomic E-state index is 12.6. The highest BCUT2D eigenvalue weighted by Gasteiger charge is 2.29. The first-order valence-electron chi connectivity index (χ1n) is 10.8. The van der Waals surface area contributed by atoms with Gasteiger partial charge in [-0.2, -0.15) is 13.2 Å². The number of hydrogen-bond acceptors (Lipinski definition) is 6. The number of nitrogens with one attached hydrogen (secondary N) is 1. The minimum Gasteiger partial charge on any atom is -0.391 e. The zero-order valence-electron chi connectivity index (χ0n) is 18.4. The van der Waals surface area contributed by atoms with Crippen LogP contribution in [0.1, 0.15) is 48.7 Å². The number of carbonyl (C=O) groups is 1. The van der Waals surface area contributed by atoms with Crippen molar-refractivity contribution in [2.24, 2.45) is 11.1 Å². The zero-order valence-corrected chi connectivity index (χ0v) is 18.4. The highest BCUT2D eigenvalue weighted by atomic mass is 19.4. The third-order valence-electron chi connectivity index (χ3n) is 5.34. The number of ether oxygens (including phenoxy) is 1. The molecule has 1 saturated heterocycles. The minimum atomic E-state index is -4.37. The fourth-order valence-electron chi connectivity index (χ4n) is 3.24. The van der Waals surface area contributed by atoms with E-state index in [4.69, 9.17) is 9.57 Å². The number of aromatic nitrogens is 2. The van der Waals surface area contributed by atoms with Gasteiger partial charge in [0, 0.05) is 50.6 Å². The Morgan fingerprint density at radius 3 is 2.48 bits per heavy atom. The average Bonchev–Trinajstić information content (AvgIpc) is 2.82. The molecule has 0 radical (unpaired) electrons. The summed E-state index contributed by atoms with van der Waals surface area (Å²) < 4.78 is 43.1. The number of oxime groups is 1. The predicted molar refractivity (Wildman–Crippen MR) is 115 cm³/mol. The molecule has 1 aliphatic rings. The molecule has 2 aromatic rings. The van der Waals surface area contributed by atoms with E-state index in [9.17, 15) is 18.0 Å². The summed E-state index contributed by atoms with van der Waals surface area (Å²) >= 11 is 0. The first-order chi connectivity index (χ1) is 15.8. The number of carbonyl (C=O) groups excluding carboxylic acids is 1. The summed E-state index contributed by atoms with van der Waals surface area (Å²) in [4.78, 5) is 25.8. The lowest BCUT2D eigenvalue weighted by Crippen LogP contribution is -2.32. The van der Waals surface area contributed by atoms with Crippen molar-refractivity contribution in [1.82, 2.24) is 15.3 Å². The van der Waals surface area contributed by atoms with E-state index in [1.165, 1.54) is 12.1 Å². The smallest absolute Gasteiger partial charge is 0.391 e. The molecule has 1 aromatic carbocycles. The lowest BCUT2D eigenvalue weighted by Gasteiger charge is -2.22. The Hall–Kier alpha value is -3.01. The largest absolute Gasteiger partial charge is 0.416 e. The first-order valence-corrected chi connectivity index (χ1v) is 10.8. The van der Waals surface area contributed by atoms with Gasteiger partial charge in [0.15, 0.2) is 0 Å². The highest BCUT2D eigenvalue weighted by Crippen LogP contribution is 2.29. The van der Waals surface area contributed by atoms with Crippen LogP contribution in [0.5, 0.6) is 0 Å². The molecule has 1 fully saturated rings. The molecule has 0 bridgehead atoms. The molecule has 2 heterocycles. The van der Waals surface area contributed by atoms with Gasteiger partial charge >= 0.3 is 6.18 Å². The Morgan fingerprint density at radius 2 is 1.85 bits per heavy atom. The van der Waals surface area contributed by atoms with Crippen LogP contribution in [0.3, 0.4) is 0 Å². The van der Waals surface area contributed by atoms with Crippen molar-refractivity contribution in [3.63, 3.8) is 0 Å². The topological polar surface area (TPSA) is 85.7 Å². The van der Waals surface area contributed by atoms with Crippen LogP contribution in [-0.2, 0) is 33.6 Å². The molecule has 1 aromatic heterocycles. The van der Waals surface area contributed by atoms with E-state index in [2.05, 4.69) is 20.4 Å². The van der Waals surface area contributed by atoms with E-state index in [0.717, 1.165) is 38.2 Å². The van der Waals surface area contributed by atoms with E-state index in [0.29, 0.717) is 48.0 Å². The summed E-state index contributed by atoms with van der Waals surface area (Å²) in [7, 11) is 0. The fraction of sp³-hybridized carbons (Fsp3) is 0.478. The van der Waals surface area contributed by atoms with E-state index in [1.807, 2.05) is 0 Å². The quantitative estimate of drug-likeness (QED) is 0.449. The normalized spacial score (nSPS) is 15.3. The standard InChI is InChI=1S/C23H27F3N4O3/c1-16(30-33-15-18-2-4-20(5-3-18)23(24,25)26)19-13-27-21(28-14-19)6-7-22(31)29-12-17-8-10-32-11-9-17/h2-5,13-14,17H,6-12,15H2,1H3,(H,29,31). The zero-order chi connectivity index (χ0) is 23.7. The van der Waals surface area contributed by atoms with Gasteiger partial charge in [-0.3, -0.25) is 4.79 Å². The Balaban J connectivity index is 1.41. The number of nitrogens with zero attached hydrogens (tertiary/aromatic N) is 3. The maximum Gasteiger partial charge on any atom is 0.416 e. The number of benzene rings is 1. The molecular formula is C23H27F3N4O3. The van der Waals surface area contributed by atoms with Crippen molar-refractivity contribution < 1.29 is 27.5 Å². The van der Waals surface area contributed by atoms with Crippen LogP contribution >= 0.6 is 0 Å². The first kappa shape index (κ1) is 24.6. The van der Waals surface area contributed by atoms with Crippen LogP contribution < -0.4 is 5.32 Å². The molecule has 178 valence electrons. The number of hydrogen-bond donors (Lipinski definition) is 1. The summed E-state index contributed by atoms with van der Waals surface area (Å²) in [5.74, 6) is 1.00. The molecule has 0 atom stereocenters. The van der Waals surface area contributed by atoms with Gasteiger partial charge in [0.1, 0.15) is 12.4 Å². The van der Waals surface area contributed by atoms with Gasteiger partial charge in [-0.1, -0.05) is 17.3 Å². The predicted octanol–water partition coefficient (Wildman–Crippen LogP) is 3.91. The number of rotatable bonds is 9. The second kappa shape index (κ2) is 11.7. The van der Waals surface area contributed by atoms with Crippen molar-refractivity contribution in [3.8, 4) is 0 Å². The van der Waals surface area contributed by atoms with Gasteiger partial charge in [0.2, 0.25) is 5.91 Å². The van der Waals surface area contributed by atoms with E-state index < -0.39 is 11.7 Å². The number of aryl methyl sites for hydroxylation is 1. The summed E-state index contributed by atoms with van der Waals surface area (Å²) in [5.41, 5.74) is 1.04. The number of alkyl halides is 3. The summed E-state index contributed by atoms with van der Waals surface area (Å²) in [6.07, 6.45) is 1.52. The summed E-state index contributed by atoms with van der Waals surface area (Å²) in [6, 6.07) is 4.72. The maximum absolute atomic E-state index is 12.6. The molecule has 7 nitrogen and oxygen atoms in total. The van der Waals surface area contributed by atoms with Gasteiger partial charge in [-0.15, -0.1) is 0 Å². The molecule has 1 amide bonds. The minimum absolute atomic E-state index is 0.0245. The third kappa shape index (κ3) is 8.12. The second-order valence-corrected chi connectivity index (χ2v) is 7.89. The van der Waals surface area contributed by atoms with E-state index in [1.54, 1.807) is 19.3 Å². The Morgan fingerprint density at radius 1 is 1.18 bits per heavy atom. The Bertz CT molecular complexity index is 925. The molecule has 1 aliphatic heterocycles. The molecule has 3 rings (SSSR count). The van der Waals surface area contributed by atoms with E-state index >= 15 is 0 Å². The van der Waals surface area contributed by atoms with Gasteiger partial charge in [-0.05, 0) is 43.4 Å². The van der Waals surface area contributed by atoms with Gasteiger partial charge in [0.25, 0.3) is 0 Å². The molecule has 10 heteroatoms. The van der Waals surface area contributed by atoms with Crippen molar-refractivity contribution in [2.75, 3.05) is 19.8 Å². The second-order valence-electron chi connectivity index (χ2n) is 7.89. The SMILES string of the molecule is CC(=NOCc1ccc(C(F)(F)F)cc1)c1cnc(CCC(=O)NCC2CCOCC2)nc1. The van der Waals surface area contributed by atoms with Crippen molar-refractivity contribution in [3.05, 3.63) is 59.2 Å². The molecule has 0 spiro atoms. The molecule has 1 N–H and O–H groups in total. The van der Waals surface area contributed by atoms with Crippen LogP contribution in [0.4, 0.5) is 13.2 Å². The molecule has 0 aliphatic carbocycles. The molecule has 0 saturated carbocycles. The summed E-state index contributed by atoms with van der Waals surface area (Å²) in [6.45, 7) is 3.93. The van der Waals surface area contributed by atoms with Gasteiger partial charge < -0.3 is 14.9 Å². The Labute approximate surface area is 190 Å². The van der Waals surface area contributed by atoms with Gasteiger partial charge in [-0.25, -0.2) is 9.97 Å². The Kier molecular flexibility index (Phi) is 8.76. The fourth-order valence-corrected chi connectivity index (χ4v) is 3.24. The van der Waals surface area contributed by atoms with E-state index in [-0.39, 0.29) is 12.5 Å².